The van der Waals surface area contributed by atoms with Gasteiger partial charge < -0.3 is 4.90 Å². The van der Waals surface area contributed by atoms with E-state index in [0.29, 0.717) is 5.56 Å². The zero-order chi connectivity index (χ0) is 23.6. The Labute approximate surface area is 190 Å². The number of carbonyl (C=O) groups excluding carboxylic acids is 1. The van der Waals surface area contributed by atoms with Gasteiger partial charge in [0.25, 0.3) is 0 Å². The van der Waals surface area contributed by atoms with Gasteiger partial charge in [0.15, 0.2) is 0 Å². The Bertz CT molecular complexity index is 1250. The molecule has 9 heteroatoms. The first kappa shape index (κ1) is 23.3. The predicted octanol–water partition coefficient (Wildman–Crippen LogP) is 4.72. The second kappa shape index (κ2) is 9.15. The summed E-state index contributed by atoms with van der Waals surface area (Å²) in [6, 6.07) is 17.0. The minimum absolute atomic E-state index is 0.0378. The smallest absolute Gasteiger partial charge is 0.335 e. The zero-order valence-electron chi connectivity index (χ0n) is 17.7. The number of hydrogen-bond acceptors (Lipinski definition) is 3. The number of alkyl halides is 3. The lowest BCUT2D eigenvalue weighted by Crippen LogP contribution is -2.35. The van der Waals surface area contributed by atoms with Gasteiger partial charge in [-0.25, -0.2) is 13.1 Å². The highest BCUT2D eigenvalue weighted by Crippen LogP contribution is 2.31. The van der Waals surface area contributed by atoms with Crippen molar-refractivity contribution in [3.63, 3.8) is 0 Å². The summed E-state index contributed by atoms with van der Waals surface area (Å²) < 4.78 is 66.1. The van der Waals surface area contributed by atoms with Gasteiger partial charge in [0.05, 0.1) is 10.5 Å². The van der Waals surface area contributed by atoms with Crippen molar-refractivity contribution in [3.8, 4) is 0 Å². The van der Waals surface area contributed by atoms with Crippen LogP contribution in [0.3, 0.4) is 0 Å². The van der Waals surface area contributed by atoms with Crippen LogP contribution in [0.1, 0.15) is 30.4 Å². The van der Waals surface area contributed by atoms with Crippen LogP contribution >= 0.6 is 0 Å². The van der Waals surface area contributed by atoms with E-state index in [1.165, 1.54) is 18.2 Å². The number of amides is 1. The van der Waals surface area contributed by atoms with E-state index in [0.717, 1.165) is 35.7 Å². The van der Waals surface area contributed by atoms with Crippen molar-refractivity contribution in [2.75, 3.05) is 6.54 Å². The second-order valence-electron chi connectivity index (χ2n) is 8.10. The van der Waals surface area contributed by atoms with Crippen molar-refractivity contribution in [2.24, 2.45) is 0 Å². The van der Waals surface area contributed by atoms with E-state index in [1.807, 2.05) is 24.3 Å². The largest absolute Gasteiger partial charge is 0.416 e. The average Bonchev–Trinajstić information content (AvgIpc) is 3.62. The highest BCUT2D eigenvalue weighted by atomic mass is 32.2. The molecular formula is C24H23F3N2O3S. The topological polar surface area (TPSA) is 66.5 Å². The van der Waals surface area contributed by atoms with Gasteiger partial charge in [-0.2, -0.15) is 13.2 Å². The van der Waals surface area contributed by atoms with Crippen LogP contribution in [0.4, 0.5) is 13.2 Å². The SMILES string of the molecule is O=C(CCNS(=O)(=O)c1ccc2ccccc2c1)N(Cc1ccc(C(F)(F)F)cc1)C1CC1. The Morgan fingerprint density at radius 2 is 1.64 bits per heavy atom. The first-order chi connectivity index (χ1) is 15.6. The van der Waals surface area contributed by atoms with Crippen molar-refractivity contribution in [1.29, 1.82) is 0 Å². The van der Waals surface area contributed by atoms with Gasteiger partial charge in [-0.3, -0.25) is 4.79 Å². The molecule has 0 unspecified atom stereocenters. The summed E-state index contributed by atoms with van der Waals surface area (Å²) >= 11 is 0. The first-order valence-corrected chi connectivity index (χ1v) is 12.1. The van der Waals surface area contributed by atoms with E-state index in [1.54, 1.807) is 17.0 Å². The van der Waals surface area contributed by atoms with Crippen molar-refractivity contribution in [2.45, 2.75) is 42.9 Å². The van der Waals surface area contributed by atoms with E-state index < -0.39 is 21.8 Å². The van der Waals surface area contributed by atoms with Crippen LogP contribution in [0.15, 0.2) is 71.6 Å². The Kier molecular flexibility index (Phi) is 6.45. The monoisotopic (exact) mass is 476 g/mol. The highest BCUT2D eigenvalue weighted by Gasteiger charge is 2.33. The number of carbonyl (C=O) groups is 1. The molecule has 33 heavy (non-hydrogen) atoms. The fraction of sp³-hybridized carbons (Fsp3) is 0.292. The van der Waals surface area contributed by atoms with Gasteiger partial charge in [-0.05, 0) is 53.4 Å². The van der Waals surface area contributed by atoms with Gasteiger partial charge in [0.1, 0.15) is 0 Å². The molecule has 3 aromatic rings. The van der Waals surface area contributed by atoms with Crippen LogP contribution in [0.5, 0.6) is 0 Å². The fourth-order valence-electron chi connectivity index (χ4n) is 3.66. The standard InChI is InChI=1S/C24H23F3N2O3S/c25-24(26,27)20-8-5-17(6-9-20)16-29(21-10-11-21)23(30)13-14-28-33(31,32)22-12-7-18-3-1-2-4-19(18)15-22/h1-9,12,15,21,28H,10-11,13-14,16H2. The lowest BCUT2D eigenvalue weighted by atomic mass is 10.1. The van der Waals surface area contributed by atoms with E-state index in [4.69, 9.17) is 0 Å². The first-order valence-electron chi connectivity index (χ1n) is 10.6. The van der Waals surface area contributed by atoms with Gasteiger partial charge in [0.2, 0.25) is 15.9 Å². The van der Waals surface area contributed by atoms with Gasteiger partial charge in [-0.15, -0.1) is 0 Å². The molecule has 0 atom stereocenters. The summed E-state index contributed by atoms with van der Waals surface area (Å²) in [5, 5.41) is 1.72. The molecule has 0 bridgehead atoms. The normalized spacial score (nSPS) is 14.4. The molecule has 5 nitrogen and oxygen atoms in total. The number of halogens is 3. The minimum Gasteiger partial charge on any atom is -0.335 e. The van der Waals surface area contributed by atoms with Crippen molar-refractivity contribution in [1.82, 2.24) is 9.62 Å². The third kappa shape index (κ3) is 5.72. The third-order valence-corrected chi connectivity index (χ3v) is 7.06. The molecule has 3 aromatic carbocycles. The molecule has 1 aliphatic rings. The Morgan fingerprint density at radius 1 is 0.970 bits per heavy atom. The summed E-state index contributed by atoms with van der Waals surface area (Å²) in [5.74, 6) is -0.237. The van der Waals surface area contributed by atoms with Gasteiger partial charge >= 0.3 is 6.18 Å². The van der Waals surface area contributed by atoms with E-state index in [2.05, 4.69) is 4.72 Å². The molecule has 1 aliphatic carbocycles. The Balaban J connectivity index is 1.37. The third-order valence-electron chi connectivity index (χ3n) is 5.60. The molecule has 0 aromatic heterocycles. The molecule has 174 valence electrons. The molecule has 0 spiro atoms. The maximum absolute atomic E-state index is 12.8. The Morgan fingerprint density at radius 3 is 2.27 bits per heavy atom. The molecule has 0 aliphatic heterocycles. The molecule has 4 rings (SSSR count). The maximum atomic E-state index is 12.8. The number of benzene rings is 3. The quantitative estimate of drug-likeness (QED) is 0.512. The van der Waals surface area contributed by atoms with Crippen LogP contribution in [-0.2, 0) is 27.5 Å². The fourth-order valence-corrected chi connectivity index (χ4v) is 4.72. The second-order valence-corrected chi connectivity index (χ2v) is 9.87. The molecule has 1 amide bonds. The molecule has 0 radical (unpaired) electrons. The number of rotatable bonds is 8. The summed E-state index contributed by atoms with van der Waals surface area (Å²) in [6.07, 6.45) is -2.79. The zero-order valence-corrected chi connectivity index (χ0v) is 18.5. The summed E-state index contributed by atoms with van der Waals surface area (Å²) in [4.78, 5) is 14.5. The minimum atomic E-state index is -4.41. The molecule has 1 saturated carbocycles. The van der Waals surface area contributed by atoms with Crippen LogP contribution < -0.4 is 4.72 Å². The van der Waals surface area contributed by atoms with Gasteiger partial charge in [0, 0.05) is 25.6 Å². The molecule has 0 saturated heterocycles. The maximum Gasteiger partial charge on any atom is 0.416 e. The number of sulfonamides is 1. The van der Waals surface area contributed by atoms with Crippen LogP contribution in [-0.4, -0.2) is 31.8 Å². The molecule has 1 N–H and O–H groups in total. The Hall–Kier alpha value is -2.91. The van der Waals surface area contributed by atoms with Crippen molar-refractivity contribution >= 4 is 26.7 Å². The lowest BCUT2D eigenvalue weighted by molar-refractivity contribution is -0.137. The number of hydrogen-bond donors (Lipinski definition) is 1. The summed E-state index contributed by atoms with van der Waals surface area (Å²) in [6.45, 7) is 0.128. The highest BCUT2D eigenvalue weighted by molar-refractivity contribution is 7.89. The number of nitrogens with one attached hydrogen (secondary N) is 1. The lowest BCUT2D eigenvalue weighted by Gasteiger charge is -2.23. The van der Waals surface area contributed by atoms with E-state index in [9.17, 15) is 26.4 Å². The molecule has 0 heterocycles. The number of nitrogens with zero attached hydrogens (tertiary/aromatic N) is 1. The van der Waals surface area contributed by atoms with E-state index in [-0.39, 0.29) is 36.4 Å². The predicted molar refractivity (Wildman–Crippen MR) is 119 cm³/mol. The summed E-state index contributed by atoms with van der Waals surface area (Å²) in [7, 11) is -3.78. The number of fused-ring (bicyclic) bond motifs is 1. The van der Waals surface area contributed by atoms with Gasteiger partial charge in [-0.1, -0.05) is 42.5 Å². The average molecular weight is 477 g/mol. The van der Waals surface area contributed by atoms with E-state index >= 15 is 0 Å². The summed E-state index contributed by atoms with van der Waals surface area (Å²) in [5.41, 5.74) is -0.140. The van der Waals surface area contributed by atoms with Crippen molar-refractivity contribution in [3.05, 3.63) is 77.9 Å². The molecular weight excluding hydrogens is 453 g/mol. The van der Waals surface area contributed by atoms with Crippen LogP contribution in [0, 0.1) is 0 Å². The van der Waals surface area contributed by atoms with Crippen LogP contribution in [0.25, 0.3) is 10.8 Å². The van der Waals surface area contributed by atoms with Crippen LogP contribution in [0.2, 0.25) is 0 Å². The van der Waals surface area contributed by atoms with Crippen molar-refractivity contribution < 1.29 is 26.4 Å². The molecule has 1 fully saturated rings.